The van der Waals surface area contributed by atoms with Crippen LogP contribution in [0.1, 0.15) is 22.3 Å². The maximum Gasteiger partial charge on any atom is 0.303 e. The molecule has 2 aromatic rings. The highest BCUT2D eigenvalue weighted by molar-refractivity contribution is 7.90. The van der Waals surface area contributed by atoms with Crippen molar-refractivity contribution in [2.45, 2.75) is 12.8 Å². The summed E-state index contributed by atoms with van der Waals surface area (Å²) in [5.41, 5.74) is 2.15. The van der Waals surface area contributed by atoms with Gasteiger partial charge in [-0.1, -0.05) is 23.7 Å². The summed E-state index contributed by atoms with van der Waals surface area (Å²) in [5, 5.41) is 3.58. The van der Waals surface area contributed by atoms with Crippen LogP contribution in [0.3, 0.4) is 0 Å². The molecule has 146 valence electrons. The van der Waals surface area contributed by atoms with Gasteiger partial charge in [-0.15, -0.1) is 0 Å². The average Bonchev–Trinajstić information content (AvgIpc) is 2.65. The summed E-state index contributed by atoms with van der Waals surface area (Å²) in [6.07, 6.45) is 1.67. The monoisotopic (exact) mass is 409 g/mol. The number of nitrogens with zero attached hydrogens (tertiary/aromatic N) is 2. The normalized spacial score (nSPS) is 11.4. The number of aryl methyl sites for hydroxylation is 1. The highest BCUT2D eigenvalue weighted by Gasteiger charge is 2.20. The fourth-order valence-electron chi connectivity index (χ4n) is 2.45. The zero-order valence-electron chi connectivity index (χ0n) is 15.6. The van der Waals surface area contributed by atoms with Crippen molar-refractivity contribution in [2.75, 3.05) is 32.0 Å². The van der Waals surface area contributed by atoms with Gasteiger partial charge >= 0.3 is 10.2 Å². The summed E-state index contributed by atoms with van der Waals surface area (Å²) in [6.45, 7) is 0.554. The number of carbonyl (C=O) groups excluding carboxylic acids is 1. The van der Waals surface area contributed by atoms with Crippen LogP contribution in [0.4, 0.5) is 5.69 Å². The van der Waals surface area contributed by atoms with Crippen LogP contribution in [-0.4, -0.2) is 46.3 Å². The lowest BCUT2D eigenvalue weighted by atomic mass is 10.1. The molecule has 6 nitrogen and oxygen atoms in total. The van der Waals surface area contributed by atoms with Crippen LogP contribution >= 0.6 is 11.6 Å². The molecule has 2 rings (SSSR count). The number of amides is 1. The van der Waals surface area contributed by atoms with E-state index in [1.54, 1.807) is 24.3 Å². The fourth-order valence-corrected chi connectivity index (χ4v) is 3.45. The SMILES string of the molecule is CN(C)S(=O)(=O)N(C)c1ccc(C(=O)NCCCc2ccc(Cl)cc2)cc1. The molecule has 1 N–H and O–H groups in total. The average molecular weight is 410 g/mol. The van der Waals surface area contributed by atoms with Gasteiger partial charge in [-0.3, -0.25) is 9.10 Å². The molecule has 0 bridgehead atoms. The number of carbonyl (C=O) groups is 1. The summed E-state index contributed by atoms with van der Waals surface area (Å²) < 4.78 is 26.6. The van der Waals surface area contributed by atoms with Gasteiger partial charge in [-0.05, 0) is 54.8 Å². The third kappa shape index (κ3) is 5.69. The molecule has 0 atom stereocenters. The van der Waals surface area contributed by atoms with Gasteiger partial charge in [-0.25, -0.2) is 0 Å². The molecule has 0 aliphatic rings. The van der Waals surface area contributed by atoms with Crippen molar-refractivity contribution < 1.29 is 13.2 Å². The standard InChI is InChI=1S/C19H24ClN3O3S/c1-22(2)27(25,26)23(3)18-12-8-16(9-13-18)19(24)21-14-4-5-15-6-10-17(20)11-7-15/h6-13H,4-5,14H2,1-3H3,(H,21,24). The smallest absolute Gasteiger partial charge is 0.303 e. The Bertz CT molecular complexity index is 866. The molecule has 0 heterocycles. The number of benzene rings is 2. The third-order valence-corrected chi connectivity index (χ3v) is 6.22. The Morgan fingerprint density at radius 3 is 2.15 bits per heavy atom. The molecule has 0 aliphatic carbocycles. The van der Waals surface area contributed by atoms with Crippen molar-refractivity contribution in [2.24, 2.45) is 0 Å². The second-order valence-electron chi connectivity index (χ2n) is 6.29. The maximum absolute atomic E-state index is 12.2. The zero-order valence-corrected chi connectivity index (χ0v) is 17.2. The molecular formula is C19H24ClN3O3S. The second-order valence-corrected chi connectivity index (χ2v) is 8.90. The molecule has 0 aromatic heterocycles. The zero-order chi connectivity index (χ0) is 20.0. The topological polar surface area (TPSA) is 69.7 Å². The van der Waals surface area contributed by atoms with Crippen molar-refractivity contribution >= 4 is 33.4 Å². The van der Waals surface area contributed by atoms with Gasteiger partial charge < -0.3 is 5.32 Å². The summed E-state index contributed by atoms with van der Waals surface area (Å²) >= 11 is 5.86. The van der Waals surface area contributed by atoms with E-state index < -0.39 is 10.2 Å². The first-order valence-corrected chi connectivity index (χ1v) is 10.3. The van der Waals surface area contributed by atoms with Crippen molar-refractivity contribution in [3.63, 3.8) is 0 Å². The molecule has 0 spiro atoms. The molecule has 2 aromatic carbocycles. The van der Waals surface area contributed by atoms with E-state index in [4.69, 9.17) is 11.6 Å². The van der Waals surface area contributed by atoms with E-state index in [0.717, 1.165) is 17.1 Å². The van der Waals surface area contributed by atoms with E-state index in [-0.39, 0.29) is 5.91 Å². The van der Waals surface area contributed by atoms with Crippen molar-refractivity contribution in [3.05, 3.63) is 64.7 Å². The second kappa shape index (κ2) is 9.21. The van der Waals surface area contributed by atoms with Gasteiger partial charge in [0.05, 0.1) is 5.69 Å². The molecule has 0 unspecified atom stereocenters. The first kappa shape index (κ1) is 21.2. The van der Waals surface area contributed by atoms with Gasteiger partial charge in [0, 0.05) is 38.3 Å². The molecule has 0 saturated heterocycles. The van der Waals surface area contributed by atoms with Crippen molar-refractivity contribution in [3.8, 4) is 0 Å². The van der Waals surface area contributed by atoms with Gasteiger partial charge in [0.2, 0.25) is 0 Å². The Labute approximate surface area is 165 Å². The Morgan fingerprint density at radius 1 is 1.00 bits per heavy atom. The van der Waals surface area contributed by atoms with Crippen molar-refractivity contribution in [1.29, 1.82) is 0 Å². The molecule has 1 amide bonds. The van der Waals surface area contributed by atoms with Crippen LogP contribution in [0.5, 0.6) is 0 Å². The molecule has 0 fully saturated rings. The van der Waals surface area contributed by atoms with Crippen LogP contribution in [0.15, 0.2) is 48.5 Å². The maximum atomic E-state index is 12.2. The quantitative estimate of drug-likeness (QED) is 0.681. The summed E-state index contributed by atoms with van der Waals surface area (Å²) in [5.74, 6) is -0.184. The van der Waals surface area contributed by atoms with Crippen LogP contribution in [0.25, 0.3) is 0 Å². The molecule has 8 heteroatoms. The largest absolute Gasteiger partial charge is 0.352 e. The highest BCUT2D eigenvalue weighted by atomic mass is 35.5. The van der Waals surface area contributed by atoms with E-state index in [1.807, 2.05) is 24.3 Å². The highest BCUT2D eigenvalue weighted by Crippen LogP contribution is 2.18. The van der Waals surface area contributed by atoms with Gasteiger partial charge in [-0.2, -0.15) is 12.7 Å². The Morgan fingerprint density at radius 2 is 1.59 bits per heavy atom. The number of hydrogen-bond donors (Lipinski definition) is 1. The summed E-state index contributed by atoms with van der Waals surface area (Å²) in [6, 6.07) is 14.1. The Kier molecular flexibility index (Phi) is 7.24. The first-order valence-electron chi connectivity index (χ1n) is 8.51. The Hall–Kier alpha value is -2.09. The van der Waals surface area contributed by atoms with E-state index >= 15 is 0 Å². The van der Waals surface area contributed by atoms with E-state index in [2.05, 4.69) is 5.32 Å². The van der Waals surface area contributed by atoms with Gasteiger partial charge in [0.15, 0.2) is 0 Å². The lowest BCUT2D eigenvalue weighted by molar-refractivity contribution is 0.0953. The molecule has 0 saturated carbocycles. The summed E-state index contributed by atoms with van der Waals surface area (Å²) in [4.78, 5) is 12.2. The van der Waals surface area contributed by atoms with Crippen LogP contribution in [-0.2, 0) is 16.6 Å². The third-order valence-electron chi connectivity index (χ3n) is 4.14. The summed E-state index contributed by atoms with van der Waals surface area (Å²) in [7, 11) is 0.861. The number of rotatable bonds is 8. The minimum absolute atomic E-state index is 0.184. The molecule has 0 aliphatic heterocycles. The fraction of sp³-hybridized carbons (Fsp3) is 0.316. The van der Waals surface area contributed by atoms with Crippen LogP contribution < -0.4 is 9.62 Å². The van der Waals surface area contributed by atoms with Gasteiger partial charge in [0.1, 0.15) is 0 Å². The molecule has 0 radical (unpaired) electrons. The first-order chi connectivity index (χ1) is 12.7. The number of nitrogens with one attached hydrogen (secondary N) is 1. The van der Waals surface area contributed by atoms with E-state index in [1.165, 1.54) is 31.0 Å². The Balaban J connectivity index is 1.87. The number of anilines is 1. The lowest BCUT2D eigenvalue weighted by Gasteiger charge is -2.23. The van der Waals surface area contributed by atoms with Gasteiger partial charge in [0.25, 0.3) is 5.91 Å². The molecule has 27 heavy (non-hydrogen) atoms. The number of hydrogen-bond acceptors (Lipinski definition) is 3. The predicted molar refractivity (Wildman–Crippen MR) is 110 cm³/mol. The lowest BCUT2D eigenvalue weighted by Crippen LogP contribution is -2.37. The minimum atomic E-state index is -3.55. The van der Waals surface area contributed by atoms with Crippen molar-refractivity contribution in [1.82, 2.24) is 9.62 Å². The van der Waals surface area contributed by atoms with E-state index in [9.17, 15) is 13.2 Å². The minimum Gasteiger partial charge on any atom is -0.352 e. The molecular weight excluding hydrogens is 386 g/mol. The predicted octanol–water partition coefficient (Wildman–Crippen LogP) is 2.95. The van der Waals surface area contributed by atoms with Crippen LogP contribution in [0, 0.1) is 0 Å². The number of halogens is 1. The van der Waals surface area contributed by atoms with Crippen LogP contribution in [0.2, 0.25) is 5.02 Å². The van der Waals surface area contributed by atoms with E-state index in [0.29, 0.717) is 22.8 Å².